The Hall–Kier alpha value is -0.300. The van der Waals surface area contributed by atoms with Gasteiger partial charge in [0.05, 0.1) is 0 Å². The van der Waals surface area contributed by atoms with Crippen molar-refractivity contribution in [1.29, 1.82) is 0 Å². The average Bonchev–Trinajstić information content (AvgIpc) is 2.40. The smallest absolute Gasteiger partial charge is 0.0433 e. The molecular formula is C14H26O. The van der Waals surface area contributed by atoms with E-state index in [0.29, 0.717) is 17.9 Å². The number of hydrogen-bond donors (Lipinski definition) is 1. The highest BCUT2D eigenvalue weighted by molar-refractivity contribution is 5.18. The van der Waals surface area contributed by atoms with E-state index in [1.165, 1.54) is 19.3 Å². The Labute approximate surface area is 94.6 Å². The van der Waals surface area contributed by atoms with Crippen LogP contribution in [0, 0.1) is 17.3 Å². The second-order valence-electron chi connectivity index (χ2n) is 5.74. The van der Waals surface area contributed by atoms with E-state index >= 15 is 0 Å². The molecule has 0 radical (unpaired) electrons. The van der Waals surface area contributed by atoms with Gasteiger partial charge in [0.1, 0.15) is 0 Å². The summed E-state index contributed by atoms with van der Waals surface area (Å²) in [5, 5.41) is 8.86. The molecule has 88 valence electrons. The summed E-state index contributed by atoms with van der Waals surface area (Å²) in [6, 6.07) is 0. The SMILES string of the molecule is CC1=CCC(CCC(C)CCO)C1(C)C. The predicted molar refractivity (Wildman–Crippen MR) is 65.7 cm³/mol. The lowest BCUT2D eigenvalue weighted by atomic mass is 9.75. The maximum absolute atomic E-state index is 8.86. The van der Waals surface area contributed by atoms with E-state index in [2.05, 4.69) is 33.8 Å². The summed E-state index contributed by atoms with van der Waals surface area (Å²) in [6.07, 6.45) is 7.18. The molecule has 1 aliphatic carbocycles. The first kappa shape index (κ1) is 12.8. The molecule has 0 aromatic rings. The lowest BCUT2D eigenvalue weighted by Gasteiger charge is -2.30. The Morgan fingerprint density at radius 2 is 2.13 bits per heavy atom. The summed E-state index contributed by atoms with van der Waals surface area (Å²) in [6.45, 7) is 9.59. The van der Waals surface area contributed by atoms with E-state index in [1.54, 1.807) is 5.57 Å². The van der Waals surface area contributed by atoms with Crippen LogP contribution in [0.3, 0.4) is 0 Å². The predicted octanol–water partition coefficient (Wildman–Crippen LogP) is 3.78. The highest BCUT2D eigenvalue weighted by atomic mass is 16.3. The summed E-state index contributed by atoms with van der Waals surface area (Å²) >= 11 is 0. The molecule has 0 saturated carbocycles. The van der Waals surface area contributed by atoms with Crippen molar-refractivity contribution >= 4 is 0 Å². The van der Waals surface area contributed by atoms with Crippen molar-refractivity contribution in [2.75, 3.05) is 6.61 Å². The Kier molecular flexibility index (Phi) is 4.39. The highest BCUT2D eigenvalue weighted by Gasteiger charge is 2.34. The molecule has 0 bridgehead atoms. The molecular weight excluding hydrogens is 184 g/mol. The van der Waals surface area contributed by atoms with Crippen LogP contribution >= 0.6 is 0 Å². The average molecular weight is 210 g/mol. The van der Waals surface area contributed by atoms with Gasteiger partial charge in [0.25, 0.3) is 0 Å². The van der Waals surface area contributed by atoms with Gasteiger partial charge in [-0.2, -0.15) is 0 Å². The number of hydrogen-bond acceptors (Lipinski definition) is 1. The molecule has 0 heterocycles. The summed E-state index contributed by atoms with van der Waals surface area (Å²) in [5.74, 6) is 1.49. The van der Waals surface area contributed by atoms with E-state index in [1.807, 2.05) is 0 Å². The molecule has 1 aliphatic rings. The van der Waals surface area contributed by atoms with Crippen molar-refractivity contribution in [2.45, 2.75) is 53.4 Å². The Balaban J connectivity index is 2.35. The third-order valence-corrected chi connectivity index (χ3v) is 4.38. The molecule has 0 fully saturated rings. The van der Waals surface area contributed by atoms with Crippen molar-refractivity contribution in [3.63, 3.8) is 0 Å². The molecule has 2 unspecified atom stereocenters. The zero-order valence-electron chi connectivity index (χ0n) is 10.7. The summed E-state index contributed by atoms with van der Waals surface area (Å²) in [4.78, 5) is 0. The van der Waals surface area contributed by atoms with E-state index in [-0.39, 0.29) is 0 Å². The fraction of sp³-hybridized carbons (Fsp3) is 0.857. The van der Waals surface area contributed by atoms with Gasteiger partial charge in [0.2, 0.25) is 0 Å². The fourth-order valence-corrected chi connectivity index (χ4v) is 2.53. The van der Waals surface area contributed by atoms with Crippen LogP contribution in [0.5, 0.6) is 0 Å². The number of allylic oxidation sites excluding steroid dienone is 2. The third-order valence-electron chi connectivity index (χ3n) is 4.38. The number of aliphatic hydroxyl groups is 1. The molecule has 1 rings (SSSR count). The van der Waals surface area contributed by atoms with Crippen LogP contribution in [0.2, 0.25) is 0 Å². The lowest BCUT2D eigenvalue weighted by Crippen LogP contribution is -2.21. The van der Waals surface area contributed by atoms with Gasteiger partial charge < -0.3 is 5.11 Å². The van der Waals surface area contributed by atoms with Crippen LogP contribution in [0.15, 0.2) is 11.6 Å². The Morgan fingerprint density at radius 3 is 2.60 bits per heavy atom. The molecule has 1 nitrogen and oxygen atoms in total. The topological polar surface area (TPSA) is 20.2 Å². The van der Waals surface area contributed by atoms with Gasteiger partial charge in [0.15, 0.2) is 0 Å². The first-order valence-electron chi connectivity index (χ1n) is 6.26. The fourth-order valence-electron chi connectivity index (χ4n) is 2.53. The largest absolute Gasteiger partial charge is 0.396 e. The molecule has 2 atom stereocenters. The van der Waals surface area contributed by atoms with E-state index in [4.69, 9.17) is 5.11 Å². The molecule has 15 heavy (non-hydrogen) atoms. The Morgan fingerprint density at radius 1 is 1.47 bits per heavy atom. The normalized spacial score (nSPS) is 26.5. The minimum absolute atomic E-state index is 0.340. The van der Waals surface area contributed by atoms with Gasteiger partial charge in [0, 0.05) is 6.61 Å². The maximum Gasteiger partial charge on any atom is 0.0433 e. The van der Waals surface area contributed by atoms with Gasteiger partial charge in [-0.15, -0.1) is 0 Å². The van der Waals surface area contributed by atoms with Crippen molar-refractivity contribution in [2.24, 2.45) is 17.3 Å². The maximum atomic E-state index is 8.86. The molecule has 1 N–H and O–H groups in total. The van der Waals surface area contributed by atoms with Crippen LogP contribution < -0.4 is 0 Å². The van der Waals surface area contributed by atoms with Crippen LogP contribution in [-0.2, 0) is 0 Å². The molecule has 0 aliphatic heterocycles. The van der Waals surface area contributed by atoms with Gasteiger partial charge >= 0.3 is 0 Å². The van der Waals surface area contributed by atoms with Crippen LogP contribution in [0.4, 0.5) is 0 Å². The van der Waals surface area contributed by atoms with Gasteiger partial charge in [-0.1, -0.05) is 38.8 Å². The van der Waals surface area contributed by atoms with E-state index in [9.17, 15) is 0 Å². The second kappa shape index (κ2) is 5.16. The quantitative estimate of drug-likeness (QED) is 0.685. The first-order valence-corrected chi connectivity index (χ1v) is 6.26. The minimum Gasteiger partial charge on any atom is -0.396 e. The van der Waals surface area contributed by atoms with Gasteiger partial charge in [-0.25, -0.2) is 0 Å². The van der Waals surface area contributed by atoms with Crippen molar-refractivity contribution in [3.8, 4) is 0 Å². The standard InChI is InChI=1S/C14H26O/c1-11(9-10-15)5-7-13-8-6-12(2)14(13,3)4/h6,11,13,15H,5,7-10H2,1-4H3. The first-order chi connectivity index (χ1) is 6.98. The lowest BCUT2D eigenvalue weighted by molar-refractivity contribution is 0.228. The van der Waals surface area contributed by atoms with E-state index in [0.717, 1.165) is 12.3 Å². The third kappa shape index (κ3) is 3.07. The molecule has 0 aromatic heterocycles. The highest BCUT2D eigenvalue weighted by Crippen LogP contribution is 2.45. The van der Waals surface area contributed by atoms with Crippen LogP contribution in [0.1, 0.15) is 53.4 Å². The molecule has 0 spiro atoms. The second-order valence-corrected chi connectivity index (χ2v) is 5.74. The summed E-state index contributed by atoms with van der Waals surface area (Å²) in [5.41, 5.74) is 1.96. The van der Waals surface area contributed by atoms with Crippen molar-refractivity contribution in [3.05, 3.63) is 11.6 Å². The zero-order chi connectivity index (χ0) is 11.5. The monoisotopic (exact) mass is 210 g/mol. The summed E-state index contributed by atoms with van der Waals surface area (Å²) in [7, 11) is 0. The zero-order valence-corrected chi connectivity index (χ0v) is 10.7. The van der Waals surface area contributed by atoms with E-state index < -0.39 is 0 Å². The molecule has 0 aromatic carbocycles. The van der Waals surface area contributed by atoms with Gasteiger partial charge in [-0.3, -0.25) is 0 Å². The Bertz CT molecular complexity index is 227. The van der Waals surface area contributed by atoms with Crippen LogP contribution in [0.25, 0.3) is 0 Å². The number of rotatable bonds is 5. The van der Waals surface area contributed by atoms with Crippen molar-refractivity contribution in [1.82, 2.24) is 0 Å². The number of aliphatic hydroxyl groups excluding tert-OH is 1. The van der Waals surface area contributed by atoms with Gasteiger partial charge in [-0.05, 0) is 43.4 Å². The summed E-state index contributed by atoms with van der Waals surface area (Å²) < 4.78 is 0. The minimum atomic E-state index is 0.340. The van der Waals surface area contributed by atoms with Crippen molar-refractivity contribution < 1.29 is 5.11 Å². The molecule has 0 saturated heterocycles. The molecule has 1 heteroatoms. The van der Waals surface area contributed by atoms with Crippen LogP contribution in [-0.4, -0.2) is 11.7 Å². The molecule has 0 amide bonds.